The largest absolute Gasteiger partial charge is 0.478 e. The fraction of sp³-hybridized carbons (Fsp3) is 0.417. The molecule has 0 radical (unpaired) electrons. The van der Waals surface area contributed by atoms with Gasteiger partial charge in [-0.05, 0) is 18.6 Å². The van der Waals surface area contributed by atoms with Crippen LogP contribution in [0.4, 0.5) is 5.82 Å². The Hall–Kier alpha value is -1.82. The Morgan fingerprint density at radius 3 is 2.68 bits per heavy atom. The summed E-state index contributed by atoms with van der Waals surface area (Å²) < 4.78 is 0. The molecule has 0 aliphatic carbocycles. The average molecular weight is 286 g/mol. The van der Waals surface area contributed by atoms with Gasteiger partial charge in [0.2, 0.25) is 5.91 Å². The van der Waals surface area contributed by atoms with Gasteiger partial charge in [-0.25, -0.2) is 9.78 Å². The fourth-order valence-electron chi connectivity index (χ4n) is 1.62. The van der Waals surface area contributed by atoms with E-state index in [1.165, 1.54) is 19.2 Å². The number of aromatic nitrogens is 1. The summed E-state index contributed by atoms with van der Waals surface area (Å²) in [5.74, 6) is -1.10. The number of nitrogens with zero attached hydrogens (tertiary/aromatic N) is 2. The van der Waals surface area contributed by atoms with Gasteiger partial charge in [0, 0.05) is 13.6 Å². The van der Waals surface area contributed by atoms with E-state index in [2.05, 4.69) is 10.3 Å². The molecule has 19 heavy (non-hydrogen) atoms. The zero-order chi connectivity index (χ0) is 14.4. The first kappa shape index (κ1) is 15.2. The number of carbonyl (C=O) groups excluding carboxylic acids is 1. The fourth-order valence-corrected chi connectivity index (χ4v) is 1.76. The molecule has 0 aromatic carbocycles. The molecular formula is C12H16ClN3O3. The number of nitrogens with one attached hydrogen (secondary N) is 1. The lowest BCUT2D eigenvalue weighted by Crippen LogP contribution is -2.37. The summed E-state index contributed by atoms with van der Waals surface area (Å²) in [6.45, 7) is 2.49. The molecule has 0 unspecified atom stereocenters. The molecule has 104 valence electrons. The van der Waals surface area contributed by atoms with Crippen LogP contribution in [0.3, 0.4) is 0 Å². The number of hydrogen-bond donors (Lipinski definition) is 2. The molecule has 0 bridgehead atoms. The maximum Gasteiger partial charge on any atom is 0.339 e. The van der Waals surface area contributed by atoms with Gasteiger partial charge in [-0.2, -0.15) is 0 Å². The highest BCUT2D eigenvalue weighted by atomic mass is 35.5. The highest BCUT2D eigenvalue weighted by molar-refractivity contribution is 6.29. The van der Waals surface area contributed by atoms with E-state index in [9.17, 15) is 9.59 Å². The molecule has 6 nitrogen and oxygen atoms in total. The quantitative estimate of drug-likeness (QED) is 0.772. The van der Waals surface area contributed by atoms with Crippen molar-refractivity contribution in [1.82, 2.24) is 10.3 Å². The van der Waals surface area contributed by atoms with Gasteiger partial charge < -0.3 is 15.3 Å². The van der Waals surface area contributed by atoms with Crippen LogP contribution in [0, 0.1) is 0 Å². The molecule has 1 aromatic rings. The van der Waals surface area contributed by atoms with Gasteiger partial charge >= 0.3 is 5.97 Å². The molecule has 1 amide bonds. The van der Waals surface area contributed by atoms with E-state index in [4.69, 9.17) is 16.7 Å². The van der Waals surface area contributed by atoms with Crippen molar-refractivity contribution in [2.45, 2.75) is 13.3 Å². The number of halogens is 1. The Morgan fingerprint density at radius 2 is 2.16 bits per heavy atom. The summed E-state index contributed by atoms with van der Waals surface area (Å²) in [6, 6.07) is 2.80. The molecule has 1 rings (SSSR count). The molecule has 0 saturated carbocycles. The number of amides is 1. The highest BCUT2D eigenvalue weighted by Gasteiger charge is 2.19. The monoisotopic (exact) mass is 285 g/mol. The molecule has 1 heterocycles. The number of rotatable bonds is 6. The molecule has 0 saturated heterocycles. The number of anilines is 1. The van der Waals surface area contributed by atoms with Crippen LogP contribution in [-0.2, 0) is 4.79 Å². The minimum absolute atomic E-state index is 0.0294. The average Bonchev–Trinajstić information content (AvgIpc) is 2.37. The molecule has 0 spiro atoms. The van der Waals surface area contributed by atoms with Crippen molar-refractivity contribution in [2.24, 2.45) is 0 Å². The summed E-state index contributed by atoms with van der Waals surface area (Å²) >= 11 is 5.80. The lowest BCUT2D eigenvalue weighted by atomic mass is 10.2. The lowest BCUT2D eigenvalue weighted by Gasteiger charge is -2.23. The van der Waals surface area contributed by atoms with Crippen LogP contribution in [0.1, 0.15) is 23.7 Å². The number of carbonyl (C=O) groups is 2. The highest BCUT2D eigenvalue weighted by Crippen LogP contribution is 2.21. The van der Waals surface area contributed by atoms with Gasteiger partial charge in [-0.1, -0.05) is 18.5 Å². The van der Waals surface area contributed by atoms with Crippen molar-refractivity contribution in [2.75, 3.05) is 25.0 Å². The summed E-state index contributed by atoms with van der Waals surface area (Å²) in [5, 5.41) is 11.8. The predicted molar refractivity (Wildman–Crippen MR) is 72.8 cm³/mol. The zero-order valence-corrected chi connectivity index (χ0v) is 11.6. The Labute approximate surface area is 116 Å². The van der Waals surface area contributed by atoms with E-state index in [1.807, 2.05) is 6.92 Å². The van der Waals surface area contributed by atoms with Gasteiger partial charge in [-0.15, -0.1) is 0 Å². The first-order valence-electron chi connectivity index (χ1n) is 5.85. The normalized spacial score (nSPS) is 10.1. The van der Waals surface area contributed by atoms with E-state index in [-0.39, 0.29) is 29.0 Å². The predicted octanol–water partition coefficient (Wildman–Crippen LogP) is 1.40. The van der Waals surface area contributed by atoms with Crippen LogP contribution in [0.5, 0.6) is 0 Å². The minimum atomic E-state index is -1.10. The lowest BCUT2D eigenvalue weighted by molar-refractivity contribution is -0.119. The molecule has 0 aliphatic rings. The summed E-state index contributed by atoms with van der Waals surface area (Å²) in [6.07, 6.45) is 0.754. The first-order chi connectivity index (χ1) is 8.99. The van der Waals surface area contributed by atoms with Gasteiger partial charge in [0.25, 0.3) is 0 Å². The van der Waals surface area contributed by atoms with E-state index in [0.717, 1.165) is 6.42 Å². The summed E-state index contributed by atoms with van der Waals surface area (Å²) in [7, 11) is 1.52. The van der Waals surface area contributed by atoms with E-state index in [1.54, 1.807) is 4.90 Å². The Morgan fingerprint density at radius 1 is 1.47 bits per heavy atom. The van der Waals surface area contributed by atoms with E-state index >= 15 is 0 Å². The molecule has 0 aliphatic heterocycles. The SMILES string of the molecule is CCCN(CC(=O)NC)c1nc(Cl)ccc1C(=O)O. The number of pyridine rings is 1. The second-order valence-corrected chi connectivity index (χ2v) is 4.29. The third-order valence-electron chi connectivity index (χ3n) is 2.48. The zero-order valence-electron chi connectivity index (χ0n) is 10.8. The molecule has 1 aromatic heterocycles. The number of carboxylic acid groups (broad SMARTS) is 1. The van der Waals surface area contributed by atoms with Crippen LogP contribution in [0.15, 0.2) is 12.1 Å². The molecule has 7 heteroatoms. The van der Waals surface area contributed by atoms with Gasteiger partial charge in [0.1, 0.15) is 16.5 Å². The number of carboxylic acids is 1. The van der Waals surface area contributed by atoms with E-state index in [0.29, 0.717) is 6.54 Å². The van der Waals surface area contributed by atoms with Gasteiger partial charge in [0.15, 0.2) is 0 Å². The summed E-state index contributed by atoms with van der Waals surface area (Å²) in [4.78, 5) is 28.3. The second kappa shape index (κ2) is 6.94. The van der Waals surface area contributed by atoms with Crippen LogP contribution < -0.4 is 10.2 Å². The smallest absolute Gasteiger partial charge is 0.339 e. The number of aromatic carboxylic acids is 1. The van der Waals surface area contributed by atoms with Crippen LogP contribution in [-0.4, -0.2) is 42.1 Å². The topological polar surface area (TPSA) is 82.5 Å². The maximum absolute atomic E-state index is 11.5. The van der Waals surface area contributed by atoms with Gasteiger partial charge in [-0.3, -0.25) is 4.79 Å². The third-order valence-corrected chi connectivity index (χ3v) is 2.69. The molecule has 0 atom stereocenters. The Bertz CT molecular complexity index is 479. The van der Waals surface area contributed by atoms with Crippen molar-refractivity contribution in [1.29, 1.82) is 0 Å². The Balaban J connectivity index is 3.16. The molecule has 0 fully saturated rings. The first-order valence-corrected chi connectivity index (χ1v) is 6.22. The molecular weight excluding hydrogens is 270 g/mol. The maximum atomic E-state index is 11.5. The Kier molecular flexibility index (Phi) is 5.57. The minimum Gasteiger partial charge on any atom is -0.478 e. The van der Waals surface area contributed by atoms with Crippen molar-refractivity contribution in [3.8, 4) is 0 Å². The summed E-state index contributed by atoms with van der Waals surface area (Å²) in [5.41, 5.74) is 0.0294. The van der Waals surface area contributed by atoms with Gasteiger partial charge in [0.05, 0.1) is 6.54 Å². The van der Waals surface area contributed by atoms with Crippen LogP contribution >= 0.6 is 11.6 Å². The standard InChI is InChI=1S/C12H16ClN3O3/c1-3-6-16(7-10(17)14-2)11-8(12(18)19)4-5-9(13)15-11/h4-5H,3,6-7H2,1-2H3,(H,14,17)(H,18,19). The van der Waals surface area contributed by atoms with Crippen LogP contribution in [0.2, 0.25) is 5.15 Å². The van der Waals surface area contributed by atoms with Crippen molar-refractivity contribution < 1.29 is 14.7 Å². The van der Waals surface area contributed by atoms with E-state index < -0.39 is 5.97 Å². The number of likely N-dealkylation sites (N-methyl/N-ethyl adjacent to an activating group) is 1. The second-order valence-electron chi connectivity index (χ2n) is 3.91. The van der Waals surface area contributed by atoms with Crippen LogP contribution in [0.25, 0.3) is 0 Å². The molecule has 2 N–H and O–H groups in total. The van der Waals surface area contributed by atoms with Crippen molar-refractivity contribution >= 4 is 29.3 Å². The van der Waals surface area contributed by atoms with Crippen molar-refractivity contribution in [3.63, 3.8) is 0 Å². The number of hydrogen-bond acceptors (Lipinski definition) is 4. The van der Waals surface area contributed by atoms with Crippen molar-refractivity contribution in [3.05, 3.63) is 22.8 Å². The third kappa shape index (κ3) is 4.10.